The Morgan fingerprint density at radius 3 is 1.51 bits per heavy atom. The number of rotatable bonds is 24. The van der Waals surface area contributed by atoms with Crippen molar-refractivity contribution in [2.24, 2.45) is 23.7 Å². The van der Waals surface area contributed by atoms with Crippen molar-refractivity contribution < 1.29 is 75.8 Å². The summed E-state index contributed by atoms with van der Waals surface area (Å²) in [7, 11) is -3.65. The van der Waals surface area contributed by atoms with Crippen LogP contribution in [0.3, 0.4) is 0 Å². The molecule has 5 rings (SSSR count). The minimum absolute atomic E-state index is 0.00771. The van der Waals surface area contributed by atoms with Crippen LogP contribution in [0, 0.1) is 60.7 Å². The Morgan fingerprint density at radius 2 is 1.05 bits per heavy atom. The molecule has 0 radical (unpaired) electrons. The fourth-order valence-corrected chi connectivity index (χ4v) is 9.30. The molecular weight excluding hydrogens is 979 g/mol. The highest BCUT2D eigenvalue weighted by Crippen LogP contribution is 2.49. The highest BCUT2D eigenvalue weighted by Gasteiger charge is 2.53. The van der Waals surface area contributed by atoms with Gasteiger partial charge in [0, 0.05) is 19.3 Å². The molecule has 0 amide bonds. The fraction of sp³-hybridized carbons (Fsp3) is 0.380. The first-order valence-corrected chi connectivity index (χ1v) is 23.7. The van der Waals surface area contributed by atoms with Crippen LogP contribution in [0.25, 0.3) is 0 Å². The van der Waals surface area contributed by atoms with Crippen LogP contribution in [0.2, 0.25) is 0 Å². The number of hydrogen-bond donors (Lipinski definition) is 2. The first kappa shape index (κ1) is 55.6. The standard InChI is InChI=1S/C50H49N3O19S/c1-6-10-20-68-44(58)38-24-34(15-17-36(38)42(56)67-5)73(65,66)35-16-18-37(39(25-35)45(59)69-21-11-7-2)43(57)71-28-32(54)26-52-48(62)51(19-9-4)49(63)53(50(52)64)27-33(55)29-72-47(61)41-31-14-13-30(23-31)40(41)46(60)70-22-12-8-3/h1-3,9,13-18,24-25,30-33,40-41,54-55H,4,10-12,19-23,26-29H2,5H3. The Morgan fingerprint density at radius 1 is 0.644 bits per heavy atom. The van der Waals surface area contributed by atoms with Gasteiger partial charge in [0.05, 0.1) is 70.6 Å². The summed E-state index contributed by atoms with van der Waals surface area (Å²) in [5.74, 6) is -1.72. The van der Waals surface area contributed by atoms with Gasteiger partial charge in [0.25, 0.3) is 0 Å². The minimum atomic E-state index is -4.68. The number of hydrogen-bond acceptors (Lipinski definition) is 19. The number of nitrogens with zero attached hydrogens (tertiary/aromatic N) is 3. The number of ether oxygens (including phenoxy) is 6. The van der Waals surface area contributed by atoms with Gasteiger partial charge in [0.2, 0.25) is 9.84 Å². The van der Waals surface area contributed by atoms with E-state index in [0.29, 0.717) is 20.1 Å². The zero-order chi connectivity index (χ0) is 53.6. The number of terminal acetylenes is 3. The van der Waals surface area contributed by atoms with Crippen LogP contribution in [0.4, 0.5) is 0 Å². The molecule has 2 N–H and O–H groups in total. The van der Waals surface area contributed by atoms with Gasteiger partial charge in [-0.2, -0.15) is 0 Å². The number of benzene rings is 2. The summed E-state index contributed by atoms with van der Waals surface area (Å²) < 4.78 is 60.2. The van der Waals surface area contributed by atoms with Crippen molar-refractivity contribution in [1.29, 1.82) is 0 Å². The third-order valence-corrected chi connectivity index (χ3v) is 13.2. The van der Waals surface area contributed by atoms with E-state index in [1.807, 2.05) is 6.08 Å². The average molecular weight is 1030 g/mol. The number of carbonyl (C=O) groups is 6. The number of fused-ring (bicyclic) bond motifs is 2. The van der Waals surface area contributed by atoms with E-state index < -0.39 is 146 Å². The Hall–Kier alpha value is -8.30. The van der Waals surface area contributed by atoms with Crippen molar-refractivity contribution in [3.63, 3.8) is 0 Å². The van der Waals surface area contributed by atoms with Gasteiger partial charge in [-0.15, -0.1) is 43.6 Å². The number of esters is 6. The van der Waals surface area contributed by atoms with E-state index >= 15 is 0 Å². The largest absolute Gasteiger partial charge is 0.465 e. The molecule has 1 heterocycles. The second kappa shape index (κ2) is 25.2. The second-order valence-corrected chi connectivity index (χ2v) is 18.2. The van der Waals surface area contributed by atoms with Crippen LogP contribution in [-0.2, 0) is 67.5 Å². The van der Waals surface area contributed by atoms with Gasteiger partial charge in [0.1, 0.15) is 45.2 Å². The molecule has 384 valence electrons. The Balaban J connectivity index is 1.35. The van der Waals surface area contributed by atoms with Gasteiger partial charge in [-0.1, -0.05) is 18.2 Å². The number of carbonyl (C=O) groups excluding carboxylic acids is 6. The maximum Gasteiger partial charge on any atom is 0.339 e. The minimum Gasteiger partial charge on any atom is -0.465 e. The number of sulfone groups is 1. The van der Waals surface area contributed by atoms with Crippen LogP contribution in [0.1, 0.15) is 67.1 Å². The van der Waals surface area contributed by atoms with Crippen LogP contribution in [0.15, 0.2) is 85.4 Å². The molecule has 3 aromatic rings. The van der Waals surface area contributed by atoms with Crippen molar-refractivity contribution >= 4 is 45.7 Å². The van der Waals surface area contributed by atoms with Crippen molar-refractivity contribution in [3.05, 3.63) is 115 Å². The van der Waals surface area contributed by atoms with Gasteiger partial charge in [-0.3, -0.25) is 9.59 Å². The Kier molecular flexibility index (Phi) is 19.2. The zero-order valence-electron chi connectivity index (χ0n) is 39.2. The molecule has 73 heavy (non-hydrogen) atoms. The third kappa shape index (κ3) is 13.0. The maximum absolute atomic E-state index is 14.0. The summed E-state index contributed by atoms with van der Waals surface area (Å²) in [5.41, 5.74) is -5.85. The van der Waals surface area contributed by atoms with Gasteiger partial charge in [0.15, 0.2) is 0 Å². The van der Waals surface area contributed by atoms with Gasteiger partial charge >= 0.3 is 52.9 Å². The Bertz CT molecular complexity index is 3130. The molecule has 2 aromatic carbocycles. The predicted octanol–water partition coefficient (Wildman–Crippen LogP) is 0.464. The fourth-order valence-electron chi connectivity index (χ4n) is 7.98. The Labute approximate surface area is 417 Å². The zero-order valence-corrected chi connectivity index (χ0v) is 40.0. The highest BCUT2D eigenvalue weighted by molar-refractivity contribution is 7.91. The normalized spacial score (nSPS) is 17.2. The van der Waals surface area contributed by atoms with E-state index in [-0.39, 0.29) is 56.5 Å². The van der Waals surface area contributed by atoms with Crippen LogP contribution in [-0.4, -0.2) is 121 Å². The summed E-state index contributed by atoms with van der Waals surface area (Å²) in [5, 5.41) is 21.9. The first-order chi connectivity index (χ1) is 34.8. The molecule has 0 aliphatic heterocycles. The lowest BCUT2D eigenvalue weighted by atomic mass is 9.83. The lowest BCUT2D eigenvalue weighted by molar-refractivity contribution is -0.163. The van der Waals surface area contributed by atoms with E-state index in [1.165, 1.54) is 0 Å². The lowest BCUT2D eigenvalue weighted by Gasteiger charge is -2.25. The molecule has 6 unspecified atom stereocenters. The third-order valence-electron chi connectivity index (χ3n) is 11.4. The van der Waals surface area contributed by atoms with E-state index in [0.717, 1.165) is 49.6 Å². The van der Waals surface area contributed by atoms with Crippen molar-refractivity contribution in [2.45, 2.75) is 67.3 Å². The van der Waals surface area contributed by atoms with E-state index in [2.05, 4.69) is 24.3 Å². The molecule has 22 nitrogen and oxygen atoms in total. The monoisotopic (exact) mass is 1030 g/mol. The lowest BCUT2D eigenvalue weighted by Crippen LogP contribution is -2.56. The molecule has 1 fully saturated rings. The predicted molar refractivity (Wildman–Crippen MR) is 252 cm³/mol. The molecule has 2 bridgehead atoms. The van der Waals surface area contributed by atoms with Crippen molar-refractivity contribution in [2.75, 3.05) is 40.1 Å². The number of allylic oxidation sites excluding steroid dienone is 3. The smallest absolute Gasteiger partial charge is 0.339 e. The summed E-state index contributed by atoms with van der Waals surface area (Å²) in [6.07, 6.45) is 17.4. The number of aromatic nitrogens is 3. The van der Waals surface area contributed by atoms with Crippen molar-refractivity contribution in [1.82, 2.24) is 13.7 Å². The molecular formula is C50H49N3O19S. The van der Waals surface area contributed by atoms with Crippen LogP contribution < -0.4 is 17.1 Å². The molecule has 23 heteroatoms. The van der Waals surface area contributed by atoms with Crippen LogP contribution in [0.5, 0.6) is 0 Å². The van der Waals surface area contributed by atoms with E-state index in [4.69, 9.17) is 47.7 Å². The summed E-state index contributed by atoms with van der Waals surface area (Å²) in [4.78, 5) is 118. The first-order valence-electron chi connectivity index (χ1n) is 22.2. The van der Waals surface area contributed by atoms with Gasteiger partial charge < -0.3 is 38.6 Å². The summed E-state index contributed by atoms with van der Waals surface area (Å²) >= 11 is 0. The molecule has 0 saturated heterocycles. The van der Waals surface area contributed by atoms with E-state index in [9.17, 15) is 61.8 Å². The molecule has 2 aliphatic carbocycles. The molecule has 1 saturated carbocycles. The van der Waals surface area contributed by atoms with Gasteiger partial charge in [-0.25, -0.2) is 55.7 Å². The topological polar surface area (TPSA) is 298 Å². The average Bonchev–Trinajstić information content (AvgIpc) is 4.01. The molecule has 0 spiro atoms. The van der Waals surface area contributed by atoms with Crippen molar-refractivity contribution in [3.8, 4) is 37.0 Å². The summed E-state index contributed by atoms with van der Waals surface area (Å²) in [6.45, 7) is -1.09. The maximum atomic E-state index is 14.0. The summed E-state index contributed by atoms with van der Waals surface area (Å²) in [6, 6.07) is 5.40. The van der Waals surface area contributed by atoms with E-state index in [1.54, 1.807) is 6.08 Å². The number of aliphatic hydroxyl groups is 2. The quantitative estimate of drug-likeness (QED) is 0.0405. The van der Waals surface area contributed by atoms with Crippen LogP contribution >= 0.6 is 0 Å². The molecule has 6 atom stereocenters. The number of aliphatic hydroxyl groups excluding tert-OH is 2. The number of methoxy groups -OCH3 is 1. The SMILES string of the molecule is C#CCCOC(=O)c1cc(S(=O)(=O)c2ccc(C(=O)OCC(O)Cn3c(=O)n(CC=C)c(=O)n(CC(O)COC(=O)C4C5C=CC(C5)C4C(=O)OCCC#C)c3=O)c(C(=O)OCCC#C)c2)ccc1C(=O)OC. The highest BCUT2D eigenvalue weighted by atomic mass is 32.2. The second-order valence-electron chi connectivity index (χ2n) is 16.2. The molecule has 2 aliphatic rings. The van der Waals surface area contributed by atoms with Gasteiger partial charge in [-0.05, 0) is 54.7 Å². The molecule has 1 aromatic heterocycles.